The number of nitrogens with one attached hydrogen (secondary N) is 2. The first kappa shape index (κ1) is 15.4. The lowest BCUT2D eigenvalue weighted by Crippen LogP contribution is -2.24. The minimum atomic E-state index is 0. The lowest BCUT2D eigenvalue weighted by Gasteiger charge is -2.04. The normalized spacial score (nSPS) is 12.3. The summed E-state index contributed by atoms with van der Waals surface area (Å²) in [5.74, 6) is 1.17. The standard InChI is InChI=1S/C13H16N6O.ClH/c1-7(14-3)4-11-16-13(20-19-11)9-5-10-8(2)17-18-12(10)15-6-9;/h5-7,14H,4H2,1-3H3,(H,15,17,18);1H. The Bertz CT molecular complexity index is 737. The van der Waals surface area contributed by atoms with Crippen molar-refractivity contribution in [2.75, 3.05) is 7.05 Å². The Kier molecular flexibility index (Phi) is 4.54. The molecule has 0 aliphatic heterocycles. The Morgan fingerprint density at radius 3 is 3.00 bits per heavy atom. The molecule has 3 rings (SSSR count). The van der Waals surface area contributed by atoms with Crippen molar-refractivity contribution in [1.82, 2.24) is 30.6 Å². The van der Waals surface area contributed by atoms with E-state index in [1.807, 2.05) is 20.0 Å². The molecular weight excluding hydrogens is 292 g/mol. The molecule has 3 aromatic rings. The number of rotatable bonds is 4. The first-order valence-corrected chi connectivity index (χ1v) is 6.48. The second kappa shape index (κ2) is 6.19. The minimum Gasteiger partial charge on any atom is -0.334 e. The average Bonchev–Trinajstić information content (AvgIpc) is 3.06. The number of fused-ring (bicyclic) bond motifs is 1. The summed E-state index contributed by atoms with van der Waals surface area (Å²) in [5.41, 5.74) is 2.46. The fourth-order valence-corrected chi connectivity index (χ4v) is 1.97. The lowest BCUT2D eigenvalue weighted by atomic mass is 10.2. The van der Waals surface area contributed by atoms with E-state index in [1.54, 1.807) is 6.20 Å². The van der Waals surface area contributed by atoms with E-state index >= 15 is 0 Å². The van der Waals surface area contributed by atoms with Gasteiger partial charge in [-0.15, -0.1) is 12.4 Å². The molecule has 8 heteroatoms. The predicted molar refractivity (Wildman–Crippen MR) is 81.4 cm³/mol. The highest BCUT2D eigenvalue weighted by atomic mass is 35.5. The van der Waals surface area contributed by atoms with Crippen molar-refractivity contribution >= 4 is 23.4 Å². The first-order valence-electron chi connectivity index (χ1n) is 6.48. The van der Waals surface area contributed by atoms with Gasteiger partial charge in [-0.05, 0) is 27.0 Å². The van der Waals surface area contributed by atoms with Gasteiger partial charge in [0.2, 0.25) is 0 Å². The van der Waals surface area contributed by atoms with Gasteiger partial charge in [-0.25, -0.2) is 4.98 Å². The molecule has 0 aliphatic carbocycles. The highest BCUT2D eigenvalue weighted by Crippen LogP contribution is 2.22. The molecule has 2 N–H and O–H groups in total. The second-order valence-electron chi connectivity index (χ2n) is 4.85. The van der Waals surface area contributed by atoms with Crippen LogP contribution in [0.5, 0.6) is 0 Å². The number of nitrogens with zero attached hydrogens (tertiary/aromatic N) is 4. The molecule has 0 spiro atoms. The van der Waals surface area contributed by atoms with Crippen molar-refractivity contribution in [2.24, 2.45) is 0 Å². The van der Waals surface area contributed by atoms with Crippen LogP contribution >= 0.6 is 12.4 Å². The molecule has 0 aromatic carbocycles. The fourth-order valence-electron chi connectivity index (χ4n) is 1.97. The largest absolute Gasteiger partial charge is 0.334 e. The number of pyridine rings is 1. The van der Waals surface area contributed by atoms with Gasteiger partial charge in [-0.2, -0.15) is 10.1 Å². The monoisotopic (exact) mass is 308 g/mol. The summed E-state index contributed by atoms with van der Waals surface area (Å²) < 4.78 is 5.30. The molecule has 1 atom stereocenters. The number of H-pyrrole nitrogens is 1. The van der Waals surface area contributed by atoms with Crippen LogP contribution in [0, 0.1) is 6.92 Å². The summed E-state index contributed by atoms with van der Waals surface area (Å²) in [4.78, 5) is 8.68. The lowest BCUT2D eigenvalue weighted by molar-refractivity contribution is 0.418. The quantitative estimate of drug-likeness (QED) is 0.764. The number of aromatic amines is 1. The first-order chi connectivity index (χ1) is 9.67. The smallest absolute Gasteiger partial charge is 0.259 e. The van der Waals surface area contributed by atoms with Gasteiger partial charge >= 0.3 is 0 Å². The minimum absolute atomic E-state index is 0. The van der Waals surface area contributed by atoms with E-state index in [1.165, 1.54) is 0 Å². The fraction of sp³-hybridized carbons (Fsp3) is 0.385. The zero-order chi connectivity index (χ0) is 14.1. The topological polar surface area (TPSA) is 92.5 Å². The molecule has 0 saturated heterocycles. The van der Waals surface area contributed by atoms with E-state index in [0.29, 0.717) is 23.4 Å². The maximum Gasteiger partial charge on any atom is 0.259 e. The van der Waals surface area contributed by atoms with Gasteiger partial charge in [0.25, 0.3) is 5.89 Å². The van der Waals surface area contributed by atoms with Crippen LogP contribution < -0.4 is 5.32 Å². The Morgan fingerprint density at radius 1 is 1.43 bits per heavy atom. The summed E-state index contributed by atoms with van der Waals surface area (Å²) in [5, 5.41) is 15.1. The van der Waals surface area contributed by atoms with Gasteiger partial charge in [0, 0.05) is 29.7 Å². The van der Waals surface area contributed by atoms with Crippen molar-refractivity contribution < 1.29 is 4.52 Å². The van der Waals surface area contributed by atoms with Crippen molar-refractivity contribution in [3.63, 3.8) is 0 Å². The highest BCUT2D eigenvalue weighted by Gasteiger charge is 2.13. The SMILES string of the molecule is CNC(C)Cc1noc(-c2cnc3n[nH]c(C)c3c2)n1.Cl. The summed E-state index contributed by atoms with van der Waals surface area (Å²) in [7, 11) is 1.91. The maximum absolute atomic E-state index is 5.30. The van der Waals surface area contributed by atoms with Crippen LogP contribution in [0.1, 0.15) is 18.4 Å². The van der Waals surface area contributed by atoms with Gasteiger partial charge in [0.15, 0.2) is 11.5 Å². The van der Waals surface area contributed by atoms with E-state index in [9.17, 15) is 0 Å². The van der Waals surface area contributed by atoms with E-state index in [-0.39, 0.29) is 12.4 Å². The molecule has 1 unspecified atom stereocenters. The summed E-state index contributed by atoms with van der Waals surface area (Å²) in [6.07, 6.45) is 2.42. The molecule has 0 radical (unpaired) electrons. The van der Waals surface area contributed by atoms with Crippen LogP contribution in [0.3, 0.4) is 0 Å². The van der Waals surface area contributed by atoms with Crippen LogP contribution in [-0.2, 0) is 6.42 Å². The zero-order valence-electron chi connectivity index (χ0n) is 12.0. The van der Waals surface area contributed by atoms with Crippen molar-refractivity contribution in [2.45, 2.75) is 26.3 Å². The zero-order valence-corrected chi connectivity index (χ0v) is 12.9. The Hall–Kier alpha value is -1.99. The number of halogens is 1. The van der Waals surface area contributed by atoms with E-state index < -0.39 is 0 Å². The summed E-state index contributed by atoms with van der Waals surface area (Å²) in [6.45, 7) is 4.02. The molecule has 3 aromatic heterocycles. The summed E-state index contributed by atoms with van der Waals surface area (Å²) >= 11 is 0. The maximum atomic E-state index is 5.30. The van der Waals surface area contributed by atoms with Crippen LogP contribution in [0.15, 0.2) is 16.8 Å². The van der Waals surface area contributed by atoms with E-state index in [0.717, 1.165) is 23.1 Å². The van der Waals surface area contributed by atoms with Crippen LogP contribution in [0.4, 0.5) is 0 Å². The Balaban J connectivity index is 0.00000161. The number of aryl methyl sites for hydroxylation is 1. The van der Waals surface area contributed by atoms with Gasteiger partial charge in [0.05, 0.1) is 5.56 Å². The third kappa shape index (κ3) is 3.03. The number of hydrogen-bond donors (Lipinski definition) is 2. The molecule has 0 bridgehead atoms. The molecule has 0 saturated carbocycles. The highest BCUT2D eigenvalue weighted by molar-refractivity contribution is 5.85. The number of hydrogen-bond acceptors (Lipinski definition) is 6. The van der Waals surface area contributed by atoms with Gasteiger partial charge in [-0.1, -0.05) is 5.16 Å². The Morgan fingerprint density at radius 2 is 2.24 bits per heavy atom. The van der Waals surface area contributed by atoms with Gasteiger partial charge in [0.1, 0.15) is 0 Å². The Labute approximate surface area is 127 Å². The van der Waals surface area contributed by atoms with Crippen molar-refractivity contribution in [1.29, 1.82) is 0 Å². The third-order valence-corrected chi connectivity index (χ3v) is 3.30. The van der Waals surface area contributed by atoms with Crippen LogP contribution in [0.25, 0.3) is 22.5 Å². The van der Waals surface area contributed by atoms with Crippen molar-refractivity contribution in [3.05, 3.63) is 23.8 Å². The molecular formula is C13H17ClN6O. The molecule has 0 amide bonds. The summed E-state index contributed by atoms with van der Waals surface area (Å²) in [6, 6.07) is 2.26. The number of aromatic nitrogens is 5. The molecule has 7 nitrogen and oxygen atoms in total. The molecule has 3 heterocycles. The average molecular weight is 309 g/mol. The molecule has 112 valence electrons. The molecule has 0 aliphatic rings. The van der Waals surface area contributed by atoms with Crippen LogP contribution in [0.2, 0.25) is 0 Å². The predicted octanol–water partition coefficient (Wildman–Crippen LogP) is 1.89. The van der Waals surface area contributed by atoms with E-state index in [4.69, 9.17) is 4.52 Å². The molecule has 21 heavy (non-hydrogen) atoms. The number of likely N-dealkylation sites (N-methyl/N-ethyl adjacent to an activating group) is 1. The van der Waals surface area contributed by atoms with Crippen LogP contribution in [-0.4, -0.2) is 38.4 Å². The van der Waals surface area contributed by atoms with Gasteiger partial charge in [-0.3, -0.25) is 5.10 Å². The third-order valence-electron chi connectivity index (χ3n) is 3.30. The molecule has 0 fully saturated rings. The van der Waals surface area contributed by atoms with Gasteiger partial charge < -0.3 is 9.84 Å². The van der Waals surface area contributed by atoms with E-state index in [2.05, 4.69) is 37.6 Å². The van der Waals surface area contributed by atoms with Crippen molar-refractivity contribution in [3.8, 4) is 11.5 Å². The second-order valence-corrected chi connectivity index (χ2v) is 4.85.